The highest BCUT2D eigenvalue weighted by Crippen LogP contribution is 2.45. The molecule has 5 aromatic rings. The zero-order chi connectivity index (χ0) is 37.5. The van der Waals surface area contributed by atoms with E-state index >= 15 is 0 Å². The van der Waals surface area contributed by atoms with E-state index in [1.165, 1.54) is 6.20 Å². The maximum atomic E-state index is 13.6. The summed E-state index contributed by atoms with van der Waals surface area (Å²) in [5.74, 6) is 0.656. The van der Waals surface area contributed by atoms with Crippen LogP contribution in [0.25, 0.3) is 22.2 Å². The molecule has 7 rings (SSSR count). The number of likely N-dealkylation sites (tertiary alicyclic amines) is 1. The summed E-state index contributed by atoms with van der Waals surface area (Å²) < 4.78 is 61.8. The Kier molecular flexibility index (Phi) is 10.1. The number of aromatic nitrogens is 7. The van der Waals surface area contributed by atoms with E-state index in [1.54, 1.807) is 61.8 Å². The molecule has 1 aromatic carbocycles. The molecule has 4 aromatic heterocycles. The van der Waals surface area contributed by atoms with E-state index < -0.39 is 19.9 Å². The molecule has 2 N–H and O–H groups in total. The van der Waals surface area contributed by atoms with Gasteiger partial charge in [-0.05, 0) is 98.7 Å². The first-order valence-corrected chi connectivity index (χ1v) is 20.6. The number of piperidine rings is 2. The lowest BCUT2D eigenvalue weighted by Gasteiger charge is -2.46. The lowest BCUT2D eigenvalue weighted by Crippen LogP contribution is -2.46. The SMILES string of the molecule is CN1CCC2(CC1)CCN(c1nc(OCC(F)(F)F)c(Nc3ncc(Br)c(Nc4ccc5nccnc5c4P(C)(C)=O)n3)cc1-c1cnn(C)c1)CC2. The third-order valence-electron chi connectivity index (χ3n) is 9.92. The Balaban J connectivity index is 1.25. The number of alkyl halides is 3. The summed E-state index contributed by atoms with van der Waals surface area (Å²) in [6, 6.07) is 5.24. The molecule has 0 bridgehead atoms. The number of aryl methyl sites for hydroxylation is 1. The summed E-state index contributed by atoms with van der Waals surface area (Å²) in [5, 5.41) is 11.2. The van der Waals surface area contributed by atoms with Gasteiger partial charge in [0, 0.05) is 56.1 Å². The standard InChI is InChI=1S/C35H40BrF3N11O2P/c1-48-13-7-34(8-14-48)9-15-50(16-10-34)31-23(22-18-43-49(2)20-22)17-27(32(47-31)52-21-35(37,38)39)45-33-42-19-24(36)30(46-33)44-26-6-5-25-28(41-12-11-40-25)29(26)53(3,4)51/h5-6,11-12,17-20H,7-10,13-16,21H2,1-4H3,(H2,42,44,45,46). The first-order chi connectivity index (χ1) is 25.2. The Bertz CT molecular complexity index is 2180. The van der Waals surface area contributed by atoms with E-state index in [9.17, 15) is 17.7 Å². The molecule has 2 aliphatic rings. The highest BCUT2D eigenvalue weighted by molar-refractivity contribution is 9.10. The van der Waals surface area contributed by atoms with Crippen molar-refractivity contribution in [2.75, 3.05) is 68.7 Å². The molecule has 0 unspecified atom stereocenters. The summed E-state index contributed by atoms with van der Waals surface area (Å²) in [6.07, 6.45) is 7.74. The number of benzene rings is 1. The second-order valence-corrected chi connectivity index (χ2v) is 18.2. The molecule has 0 aliphatic carbocycles. The summed E-state index contributed by atoms with van der Waals surface area (Å²) in [7, 11) is 1.07. The second-order valence-electron chi connectivity index (χ2n) is 14.2. The zero-order valence-electron chi connectivity index (χ0n) is 29.8. The first kappa shape index (κ1) is 37.0. The van der Waals surface area contributed by atoms with Gasteiger partial charge in [0.2, 0.25) is 11.8 Å². The summed E-state index contributed by atoms with van der Waals surface area (Å²) in [5.41, 5.74) is 3.43. The van der Waals surface area contributed by atoms with Gasteiger partial charge in [0.05, 0.1) is 27.2 Å². The number of rotatable bonds is 9. The Morgan fingerprint density at radius 1 is 0.943 bits per heavy atom. The van der Waals surface area contributed by atoms with Crippen molar-refractivity contribution in [2.45, 2.75) is 31.9 Å². The first-order valence-electron chi connectivity index (χ1n) is 17.2. The number of nitrogens with one attached hydrogen (secondary N) is 2. The average molecular weight is 815 g/mol. The fourth-order valence-electron chi connectivity index (χ4n) is 7.07. The van der Waals surface area contributed by atoms with Crippen LogP contribution >= 0.6 is 23.1 Å². The van der Waals surface area contributed by atoms with Crippen molar-refractivity contribution >= 4 is 68.4 Å². The minimum atomic E-state index is -4.60. The summed E-state index contributed by atoms with van der Waals surface area (Å²) in [4.78, 5) is 27.1. The molecule has 2 saturated heterocycles. The number of nitrogens with zero attached hydrogens (tertiary/aromatic N) is 9. The number of ether oxygens (including phenoxy) is 1. The van der Waals surface area contributed by atoms with Crippen LogP contribution in [0.5, 0.6) is 5.88 Å². The van der Waals surface area contributed by atoms with Crippen LogP contribution < -0.4 is 25.6 Å². The van der Waals surface area contributed by atoms with Crippen molar-refractivity contribution in [3.8, 4) is 17.0 Å². The predicted octanol–water partition coefficient (Wildman–Crippen LogP) is 6.97. The number of hydrogen-bond donors (Lipinski definition) is 2. The van der Waals surface area contributed by atoms with Crippen LogP contribution in [0, 0.1) is 5.41 Å². The van der Waals surface area contributed by atoms with E-state index in [2.05, 4.69) is 68.4 Å². The number of hydrogen-bond acceptors (Lipinski definition) is 12. The van der Waals surface area contributed by atoms with E-state index in [4.69, 9.17) is 9.72 Å². The van der Waals surface area contributed by atoms with Gasteiger partial charge in [0.25, 0.3) is 0 Å². The maximum absolute atomic E-state index is 13.6. The largest absolute Gasteiger partial charge is 0.466 e. The molecule has 2 fully saturated rings. The molecule has 1 spiro atoms. The van der Waals surface area contributed by atoms with E-state index in [0.717, 1.165) is 44.3 Å². The van der Waals surface area contributed by atoms with Crippen LogP contribution in [0.2, 0.25) is 0 Å². The van der Waals surface area contributed by atoms with Gasteiger partial charge in [0.15, 0.2) is 6.61 Å². The topological polar surface area (TPSA) is 139 Å². The number of fused-ring (bicyclic) bond motifs is 1. The number of halogens is 4. The van der Waals surface area contributed by atoms with E-state index in [1.807, 2.05) is 6.20 Å². The molecule has 18 heteroatoms. The molecule has 0 atom stereocenters. The highest BCUT2D eigenvalue weighted by atomic mass is 79.9. The zero-order valence-corrected chi connectivity index (χ0v) is 32.3. The molecule has 53 heavy (non-hydrogen) atoms. The van der Waals surface area contributed by atoms with Crippen LogP contribution in [-0.2, 0) is 11.6 Å². The molecule has 280 valence electrons. The highest BCUT2D eigenvalue weighted by Gasteiger charge is 2.38. The van der Waals surface area contributed by atoms with Crippen LogP contribution in [0.15, 0.2) is 53.7 Å². The van der Waals surface area contributed by atoms with E-state index in [-0.39, 0.29) is 22.9 Å². The Morgan fingerprint density at radius 3 is 2.34 bits per heavy atom. The van der Waals surface area contributed by atoms with Crippen molar-refractivity contribution in [1.82, 2.24) is 39.6 Å². The molecular formula is C35H40BrF3N11O2P. The van der Waals surface area contributed by atoms with Crippen molar-refractivity contribution in [3.05, 3.63) is 53.7 Å². The van der Waals surface area contributed by atoms with Crippen LogP contribution in [0.3, 0.4) is 0 Å². The second kappa shape index (κ2) is 14.5. The van der Waals surface area contributed by atoms with Crippen molar-refractivity contribution in [2.24, 2.45) is 12.5 Å². The lowest BCUT2D eigenvalue weighted by atomic mass is 9.71. The molecule has 0 amide bonds. The van der Waals surface area contributed by atoms with Crippen LogP contribution in [0.4, 0.5) is 42.1 Å². The Hall–Kier alpha value is -4.34. The Labute approximate surface area is 313 Å². The minimum absolute atomic E-state index is 0.0553. The summed E-state index contributed by atoms with van der Waals surface area (Å²) in [6.45, 7) is 5.31. The van der Waals surface area contributed by atoms with Crippen molar-refractivity contribution < 1.29 is 22.5 Å². The Morgan fingerprint density at radius 2 is 1.66 bits per heavy atom. The molecule has 13 nitrogen and oxygen atoms in total. The van der Waals surface area contributed by atoms with Crippen LogP contribution in [-0.4, -0.2) is 98.9 Å². The van der Waals surface area contributed by atoms with Gasteiger partial charge < -0.3 is 29.7 Å². The van der Waals surface area contributed by atoms with Gasteiger partial charge in [-0.1, -0.05) is 0 Å². The molecule has 6 heterocycles. The average Bonchev–Trinajstić information content (AvgIpc) is 3.55. The minimum Gasteiger partial charge on any atom is -0.466 e. The fourth-order valence-corrected chi connectivity index (χ4v) is 8.75. The monoisotopic (exact) mass is 813 g/mol. The summed E-state index contributed by atoms with van der Waals surface area (Å²) >= 11 is 3.50. The van der Waals surface area contributed by atoms with Crippen molar-refractivity contribution in [1.29, 1.82) is 0 Å². The normalized spacial score (nSPS) is 16.6. The van der Waals surface area contributed by atoms with Gasteiger partial charge in [0.1, 0.15) is 30.0 Å². The number of pyridine rings is 1. The van der Waals surface area contributed by atoms with E-state index in [0.29, 0.717) is 56.8 Å². The van der Waals surface area contributed by atoms with Gasteiger partial charge in [-0.25, -0.2) is 4.98 Å². The van der Waals surface area contributed by atoms with Gasteiger partial charge >= 0.3 is 6.18 Å². The maximum Gasteiger partial charge on any atom is 0.422 e. The van der Waals surface area contributed by atoms with Gasteiger partial charge in [-0.15, -0.1) is 0 Å². The third kappa shape index (κ3) is 8.26. The third-order valence-corrected chi connectivity index (χ3v) is 12.0. The van der Waals surface area contributed by atoms with Gasteiger partial charge in [-0.2, -0.15) is 28.2 Å². The fraction of sp³-hybridized carbons (Fsp3) is 0.429. The predicted molar refractivity (Wildman–Crippen MR) is 204 cm³/mol. The molecule has 2 aliphatic heterocycles. The lowest BCUT2D eigenvalue weighted by molar-refractivity contribution is -0.153. The van der Waals surface area contributed by atoms with Crippen molar-refractivity contribution in [3.63, 3.8) is 0 Å². The molecule has 0 radical (unpaired) electrons. The van der Waals surface area contributed by atoms with Gasteiger partial charge in [-0.3, -0.25) is 14.6 Å². The quantitative estimate of drug-likeness (QED) is 0.149. The van der Waals surface area contributed by atoms with Crippen LogP contribution in [0.1, 0.15) is 25.7 Å². The molecule has 0 saturated carbocycles. The smallest absolute Gasteiger partial charge is 0.422 e. The number of anilines is 5. The molecular weight excluding hydrogens is 774 g/mol.